The first kappa shape index (κ1) is 30.1. The number of para-hydroxylation sites is 1. The van der Waals surface area contributed by atoms with E-state index in [2.05, 4.69) is 23.1 Å². The van der Waals surface area contributed by atoms with Gasteiger partial charge in [0.15, 0.2) is 0 Å². The minimum atomic E-state index is -5.08. The van der Waals surface area contributed by atoms with Crippen molar-refractivity contribution in [2.45, 2.75) is 45.3 Å². The number of amides is 1. The van der Waals surface area contributed by atoms with Crippen molar-refractivity contribution in [2.75, 3.05) is 32.8 Å². The highest BCUT2D eigenvalue weighted by Gasteiger charge is 2.39. The van der Waals surface area contributed by atoms with Gasteiger partial charge in [-0.15, -0.1) is 0 Å². The maximum Gasteiger partial charge on any atom is 0.490 e. The zero-order valence-corrected chi connectivity index (χ0v) is 22.6. The summed E-state index contributed by atoms with van der Waals surface area (Å²) in [7, 11) is 0. The fourth-order valence-electron chi connectivity index (χ4n) is 4.88. The molecule has 2 heterocycles. The average Bonchev–Trinajstić information content (AvgIpc) is 2.88. The van der Waals surface area contributed by atoms with Gasteiger partial charge >= 0.3 is 12.1 Å². The van der Waals surface area contributed by atoms with Gasteiger partial charge < -0.3 is 14.7 Å². The summed E-state index contributed by atoms with van der Waals surface area (Å²) in [6, 6.07) is 13.6. The lowest BCUT2D eigenvalue weighted by Crippen LogP contribution is -2.48. The van der Waals surface area contributed by atoms with Gasteiger partial charge in [0.1, 0.15) is 5.75 Å². The Morgan fingerprint density at radius 2 is 1.55 bits per heavy atom. The van der Waals surface area contributed by atoms with Crippen LogP contribution in [0.1, 0.15) is 48.5 Å². The molecule has 208 valence electrons. The fraction of sp³-hybridized carbons (Fsp3) is 0.481. The molecule has 0 saturated carbocycles. The number of hydrogen-bond donors (Lipinski definition) is 1. The van der Waals surface area contributed by atoms with Gasteiger partial charge in [0.25, 0.3) is 5.91 Å². The Balaban J connectivity index is 0.000000505. The largest absolute Gasteiger partial charge is 0.494 e. The molecule has 0 aromatic heterocycles. The highest BCUT2D eigenvalue weighted by molar-refractivity contribution is 6.43. The zero-order chi connectivity index (χ0) is 27.9. The quantitative estimate of drug-likeness (QED) is 0.439. The summed E-state index contributed by atoms with van der Waals surface area (Å²) in [6.45, 7) is 7.41. The molecule has 2 saturated heterocycles. The van der Waals surface area contributed by atoms with Crippen LogP contribution in [0.4, 0.5) is 13.2 Å². The van der Waals surface area contributed by atoms with E-state index in [1.807, 2.05) is 17.9 Å². The summed E-state index contributed by atoms with van der Waals surface area (Å²) < 4.78 is 37.5. The van der Waals surface area contributed by atoms with Crippen LogP contribution in [-0.4, -0.2) is 65.7 Å². The van der Waals surface area contributed by atoms with Crippen LogP contribution in [0.25, 0.3) is 0 Å². The molecule has 0 atom stereocenters. The van der Waals surface area contributed by atoms with Crippen LogP contribution in [0.2, 0.25) is 10.0 Å². The molecule has 2 aliphatic heterocycles. The second-order valence-corrected chi connectivity index (χ2v) is 10.3. The Bertz CT molecular complexity index is 1110. The van der Waals surface area contributed by atoms with Gasteiger partial charge in [-0.3, -0.25) is 9.69 Å². The molecule has 1 spiro atoms. The van der Waals surface area contributed by atoms with E-state index >= 15 is 0 Å². The summed E-state index contributed by atoms with van der Waals surface area (Å²) >= 11 is 12.4. The molecule has 6 nitrogen and oxygen atoms in total. The number of likely N-dealkylation sites (tertiary alicyclic amines) is 2. The lowest BCUT2D eigenvalue weighted by molar-refractivity contribution is -0.192. The molecule has 1 amide bonds. The van der Waals surface area contributed by atoms with E-state index in [0.29, 0.717) is 27.6 Å². The second kappa shape index (κ2) is 13.0. The molecule has 2 aromatic rings. The van der Waals surface area contributed by atoms with E-state index in [1.54, 1.807) is 18.2 Å². The number of alkyl halides is 3. The molecule has 4 rings (SSSR count). The molecule has 0 aliphatic carbocycles. The van der Waals surface area contributed by atoms with Gasteiger partial charge in [0.05, 0.1) is 22.2 Å². The first-order valence-corrected chi connectivity index (χ1v) is 13.2. The Hall–Kier alpha value is -2.49. The maximum absolute atomic E-state index is 12.9. The Morgan fingerprint density at radius 3 is 2.13 bits per heavy atom. The normalized spacial score (nSPS) is 17.5. The third-order valence-electron chi connectivity index (χ3n) is 7.12. The second-order valence-electron chi connectivity index (χ2n) is 9.51. The maximum atomic E-state index is 12.9. The highest BCUT2D eigenvalue weighted by atomic mass is 35.5. The van der Waals surface area contributed by atoms with Crippen molar-refractivity contribution in [3.8, 4) is 5.75 Å². The molecule has 1 N–H and O–H groups in total. The van der Waals surface area contributed by atoms with Crippen LogP contribution >= 0.6 is 23.2 Å². The van der Waals surface area contributed by atoms with Crippen LogP contribution in [0.3, 0.4) is 0 Å². The van der Waals surface area contributed by atoms with Crippen molar-refractivity contribution >= 4 is 35.1 Å². The molecule has 11 heteroatoms. The molecular weight excluding hydrogens is 544 g/mol. The third kappa shape index (κ3) is 7.77. The van der Waals surface area contributed by atoms with E-state index in [0.717, 1.165) is 51.3 Å². The predicted molar refractivity (Wildman–Crippen MR) is 140 cm³/mol. The van der Waals surface area contributed by atoms with Gasteiger partial charge in [-0.05, 0) is 69.3 Å². The summed E-state index contributed by atoms with van der Waals surface area (Å²) in [5.74, 6) is -1.77. The number of ether oxygens (including phenoxy) is 1. The summed E-state index contributed by atoms with van der Waals surface area (Å²) in [6.07, 6.45) is -0.603. The number of benzene rings is 2. The smallest absolute Gasteiger partial charge is 0.490 e. The molecule has 2 fully saturated rings. The topological polar surface area (TPSA) is 70.1 Å². The van der Waals surface area contributed by atoms with Crippen LogP contribution in [0.5, 0.6) is 5.75 Å². The number of rotatable bonds is 5. The minimum absolute atomic E-state index is 0.00711. The number of halogens is 5. The van der Waals surface area contributed by atoms with E-state index in [9.17, 15) is 18.0 Å². The van der Waals surface area contributed by atoms with Crippen LogP contribution in [0, 0.1) is 5.41 Å². The number of hydrogen-bond acceptors (Lipinski definition) is 4. The molecule has 0 bridgehead atoms. The molecule has 0 unspecified atom stereocenters. The zero-order valence-electron chi connectivity index (χ0n) is 21.1. The summed E-state index contributed by atoms with van der Waals surface area (Å²) in [5, 5.41) is 7.91. The molecule has 0 radical (unpaired) electrons. The Labute approximate surface area is 230 Å². The lowest BCUT2D eigenvalue weighted by Gasteiger charge is -2.47. The number of nitrogens with zero attached hydrogens (tertiary/aromatic N) is 2. The van der Waals surface area contributed by atoms with Crippen molar-refractivity contribution in [3.63, 3.8) is 0 Å². The van der Waals surface area contributed by atoms with Crippen molar-refractivity contribution in [1.82, 2.24) is 9.80 Å². The lowest BCUT2D eigenvalue weighted by atomic mass is 9.71. The number of carboxylic acid groups (broad SMARTS) is 1. The van der Waals surface area contributed by atoms with E-state index in [4.69, 9.17) is 37.8 Å². The minimum Gasteiger partial charge on any atom is -0.494 e. The van der Waals surface area contributed by atoms with Crippen LogP contribution in [0.15, 0.2) is 42.5 Å². The first-order valence-electron chi connectivity index (χ1n) is 12.4. The number of aliphatic carboxylic acids is 1. The molecule has 38 heavy (non-hydrogen) atoms. The standard InChI is InChI=1S/C25H30Cl2N2O2.C2HF3O2/c1-2-31-22-9-4-3-6-19(22)18-28-14-10-25(11-15-28)12-16-29(17-13-25)24(30)20-7-5-8-21(26)23(20)27;3-2(4,5)1(6)7/h3-9H,2,10-18H2,1H3;(H,6,7). The molecular formula is C27H31Cl2F3N2O4. The van der Waals surface area contributed by atoms with E-state index in [-0.39, 0.29) is 5.91 Å². The van der Waals surface area contributed by atoms with Crippen molar-refractivity contribution < 1.29 is 32.6 Å². The first-order chi connectivity index (χ1) is 18.0. The van der Waals surface area contributed by atoms with Gasteiger partial charge in [-0.2, -0.15) is 13.2 Å². The number of carboxylic acids is 1. The summed E-state index contributed by atoms with van der Waals surface area (Å²) in [5.41, 5.74) is 2.12. The van der Waals surface area contributed by atoms with Crippen LogP contribution < -0.4 is 4.74 Å². The number of piperidine rings is 2. The van der Waals surface area contributed by atoms with Gasteiger partial charge in [-0.25, -0.2) is 4.79 Å². The van der Waals surface area contributed by atoms with Crippen LogP contribution in [-0.2, 0) is 11.3 Å². The molecule has 2 aliphatic rings. The molecule has 2 aromatic carbocycles. The van der Waals surface area contributed by atoms with Gasteiger partial charge in [-0.1, -0.05) is 47.5 Å². The third-order valence-corrected chi connectivity index (χ3v) is 7.94. The fourth-order valence-corrected chi connectivity index (χ4v) is 5.26. The monoisotopic (exact) mass is 574 g/mol. The summed E-state index contributed by atoms with van der Waals surface area (Å²) in [4.78, 5) is 26.3. The number of carbonyl (C=O) groups excluding carboxylic acids is 1. The Morgan fingerprint density at radius 1 is 0.974 bits per heavy atom. The van der Waals surface area contributed by atoms with Crippen molar-refractivity contribution in [1.29, 1.82) is 0 Å². The van der Waals surface area contributed by atoms with Gasteiger partial charge in [0, 0.05) is 25.2 Å². The van der Waals surface area contributed by atoms with Crippen molar-refractivity contribution in [3.05, 3.63) is 63.6 Å². The number of carbonyl (C=O) groups is 2. The van der Waals surface area contributed by atoms with Crippen molar-refractivity contribution in [2.24, 2.45) is 5.41 Å². The van der Waals surface area contributed by atoms with E-state index in [1.165, 1.54) is 18.4 Å². The Kier molecular flexibility index (Phi) is 10.3. The highest BCUT2D eigenvalue weighted by Crippen LogP contribution is 2.42. The van der Waals surface area contributed by atoms with Gasteiger partial charge in [0.2, 0.25) is 0 Å². The predicted octanol–water partition coefficient (Wildman–Crippen LogP) is 6.54. The average molecular weight is 575 g/mol. The van der Waals surface area contributed by atoms with E-state index < -0.39 is 12.1 Å². The SMILES string of the molecule is CCOc1ccccc1CN1CCC2(CC1)CCN(C(=O)c1cccc(Cl)c1Cl)CC2.O=C(O)C(F)(F)F.